The fourth-order valence-corrected chi connectivity index (χ4v) is 5.29. The Balaban J connectivity index is 1.40. The predicted octanol–water partition coefficient (Wildman–Crippen LogP) is 4.75. The van der Waals surface area contributed by atoms with E-state index in [1.165, 1.54) is 5.56 Å². The van der Waals surface area contributed by atoms with Crippen molar-refractivity contribution < 1.29 is 24.2 Å². The van der Waals surface area contributed by atoms with Crippen molar-refractivity contribution in [2.75, 3.05) is 26.2 Å². The smallest absolute Gasteiger partial charge is 0.310 e. The zero-order chi connectivity index (χ0) is 24.5. The number of aryl methyl sites for hydroxylation is 2. The Morgan fingerprint density at radius 2 is 1.57 bits per heavy atom. The molecule has 2 aromatic rings. The maximum absolute atomic E-state index is 13.1. The number of carbonyl (C=O) groups is 2. The Morgan fingerprint density at radius 3 is 2.31 bits per heavy atom. The van der Waals surface area contributed by atoms with Crippen LogP contribution in [-0.2, 0) is 27.2 Å². The number of rotatable bonds is 11. The quantitative estimate of drug-likeness (QED) is 0.469. The summed E-state index contributed by atoms with van der Waals surface area (Å²) in [4.78, 5) is 27.1. The molecule has 4 rings (SSSR count). The lowest BCUT2D eigenvalue weighted by atomic mass is 9.79. The SMILES string of the molecule is O=C(O)C1CCCCC1C(=O)OC(COc1ccccc1CCc1ccccc1)CN1CCCC1. The molecular formula is C29H37NO5. The van der Waals surface area contributed by atoms with E-state index in [9.17, 15) is 14.7 Å². The molecule has 1 N–H and O–H groups in total. The van der Waals surface area contributed by atoms with Gasteiger partial charge >= 0.3 is 11.9 Å². The van der Waals surface area contributed by atoms with E-state index in [4.69, 9.17) is 9.47 Å². The minimum atomic E-state index is -0.897. The van der Waals surface area contributed by atoms with E-state index in [1.54, 1.807) is 0 Å². The number of carboxylic acid groups (broad SMARTS) is 1. The second-order valence-electron chi connectivity index (χ2n) is 9.81. The van der Waals surface area contributed by atoms with Crippen molar-refractivity contribution in [3.63, 3.8) is 0 Å². The number of hydrogen-bond acceptors (Lipinski definition) is 5. The van der Waals surface area contributed by atoms with E-state index >= 15 is 0 Å². The van der Waals surface area contributed by atoms with Gasteiger partial charge in [-0.3, -0.25) is 14.5 Å². The van der Waals surface area contributed by atoms with Crippen LogP contribution in [0.2, 0.25) is 0 Å². The molecule has 1 saturated heterocycles. The van der Waals surface area contributed by atoms with E-state index in [-0.39, 0.29) is 12.6 Å². The van der Waals surface area contributed by atoms with Gasteiger partial charge in [0.25, 0.3) is 0 Å². The molecule has 2 fully saturated rings. The minimum absolute atomic E-state index is 0.259. The van der Waals surface area contributed by atoms with Crippen molar-refractivity contribution in [2.45, 2.75) is 57.5 Å². The van der Waals surface area contributed by atoms with Gasteiger partial charge in [0.15, 0.2) is 0 Å². The van der Waals surface area contributed by atoms with Gasteiger partial charge in [0.2, 0.25) is 0 Å². The van der Waals surface area contributed by atoms with E-state index < -0.39 is 23.9 Å². The van der Waals surface area contributed by atoms with Crippen molar-refractivity contribution in [3.8, 4) is 5.75 Å². The maximum atomic E-state index is 13.1. The third-order valence-electron chi connectivity index (χ3n) is 7.25. The normalized spacial score (nSPS) is 21.4. The van der Waals surface area contributed by atoms with E-state index in [0.29, 0.717) is 19.4 Å². The van der Waals surface area contributed by atoms with Crippen molar-refractivity contribution in [2.24, 2.45) is 11.8 Å². The molecule has 2 aromatic carbocycles. The molecule has 35 heavy (non-hydrogen) atoms. The Kier molecular flexibility index (Phi) is 9.18. The summed E-state index contributed by atoms with van der Waals surface area (Å²) in [7, 11) is 0. The van der Waals surface area contributed by atoms with Gasteiger partial charge in [-0.25, -0.2) is 0 Å². The molecular weight excluding hydrogens is 442 g/mol. The predicted molar refractivity (Wildman–Crippen MR) is 134 cm³/mol. The summed E-state index contributed by atoms with van der Waals surface area (Å²) in [6.07, 6.45) is 6.48. The highest BCUT2D eigenvalue weighted by Gasteiger charge is 2.38. The van der Waals surface area contributed by atoms with Crippen molar-refractivity contribution in [1.29, 1.82) is 0 Å². The van der Waals surface area contributed by atoms with Crippen LogP contribution in [0.4, 0.5) is 0 Å². The van der Waals surface area contributed by atoms with Crippen LogP contribution in [0.15, 0.2) is 54.6 Å². The van der Waals surface area contributed by atoms with Crippen LogP contribution in [0, 0.1) is 11.8 Å². The third kappa shape index (κ3) is 7.31. The first-order valence-corrected chi connectivity index (χ1v) is 13.0. The lowest BCUT2D eigenvalue weighted by molar-refractivity contribution is -0.165. The van der Waals surface area contributed by atoms with Crippen molar-refractivity contribution in [1.82, 2.24) is 4.90 Å². The van der Waals surface area contributed by atoms with E-state index in [2.05, 4.69) is 35.2 Å². The van der Waals surface area contributed by atoms with Gasteiger partial charge < -0.3 is 14.6 Å². The van der Waals surface area contributed by atoms with Crippen LogP contribution in [0.5, 0.6) is 5.75 Å². The number of likely N-dealkylation sites (tertiary alicyclic amines) is 1. The fraction of sp³-hybridized carbons (Fsp3) is 0.517. The second kappa shape index (κ2) is 12.7. The molecule has 6 nitrogen and oxygen atoms in total. The number of nitrogens with zero attached hydrogens (tertiary/aromatic N) is 1. The molecule has 1 heterocycles. The Labute approximate surface area is 208 Å². The van der Waals surface area contributed by atoms with Gasteiger partial charge in [0, 0.05) is 6.54 Å². The van der Waals surface area contributed by atoms with Gasteiger partial charge in [0.05, 0.1) is 11.8 Å². The third-order valence-corrected chi connectivity index (χ3v) is 7.25. The van der Waals surface area contributed by atoms with Gasteiger partial charge in [-0.05, 0) is 68.8 Å². The van der Waals surface area contributed by atoms with Crippen LogP contribution in [0.25, 0.3) is 0 Å². The number of para-hydroxylation sites is 1. The second-order valence-corrected chi connectivity index (χ2v) is 9.81. The zero-order valence-electron chi connectivity index (χ0n) is 20.4. The van der Waals surface area contributed by atoms with Crippen LogP contribution < -0.4 is 4.74 Å². The highest BCUT2D eigenvalue weighted by molar-refractivity contribution is 5.81. The Hall–Kier alpha value is -2.86. The molecule has 0 amide bonds. The van der Waals surface area contributed by atoms with E-state index in [1.807, 2.05) is 24.3 Å². The van der Waals surface area contributed by atoms with Gasteiger partial charge in [-0.1, -0.05) is 61.4 Å². The average molecular weight is 480 g/mol. The molecule has 3 atom stereocenters. The number of carboxylic acids is 1. The number of esters is 1. The van der Waals surface area contributed by atoms with Gasteiger partial charge in [-0.2, -0.15) is 0 Å². The molecule has 2 aliphatic rings. The summed E-state index contributed by atoms with van der Waals surface area (Å²) in [5.74, 6) is -1.69. The standard InChI is InChI=1S/C29H37NO5/c31-28(32)25-13-5-6-14-26(25)29(33)35-24(20-30-18-8-9-19-30)21-34-27-15-7-4-12-23(27)17-16-22-10-2-1-3-11-22/h1-4,7,10-12,15,24-26H,5-6,8-9,13-14,16-21H2,(H,31,32). The van der Waals surface area contributed by atoms with E-state index in [0.717, 1.165) is 62.9 Å². The molecule has 0 radical (unpaired) electrons. The van der Waals surface area contributed by atoms with Crippen LogP contribution in [0.3, 0.4) is 0 Å². The average Bonchev–Trinajstić information content (AvgIpc) is 3.40. The summed E-state index contributed by atoms with van der Waals surface area (Å²) in [6, 6.07) is 18.4. The van der Waals surface area contributed by atoms with Gasteiger partial charge in [0.1, 0.15) is 18.5 Å². The fourth-order valence-electron chi connectivity index (χ4n) is 5.29. The first-order valence-electron chi connectivity index (χ1n) is 13.0. The highest BCUT2D eigenvalue weighted by atomic mass is 16.6. The molecule has 1 saturated carbocycles. The Morgan fingerprint density at radius 1 is 0.886 bits per heavy atom. The molecule has 1 aliphatic heterocycles. The maximum Gasteiger partial charge on any atom is 0.310 e. The summed E-state index contributed by atoms with van der Waals surface area (Å²) in [5.41, 5.74) is 2.41. The first kappa shape index (κ1) is 25.2. The summed E-state index contributed by atoms with van der Waals surface area (Å²) >= 11 is 0. The van der Waals surface area contributed by atoms with Crippen molar-refractivity contribution in [3.05, 3.63) is 65.7 Å². The summed E-state index contributed by atoms with van der Waals surface area (Å²) < 4.78 is 12.2. The molecule has 1 aliphatic carbocycles. The van der Waals surface area contributed by atoms with Gasteiger partial charge in [-0.15, -0.1) is 0 Å². The largest absolute Gasteiger partial charge is 0.489 e. The molecule has 3 unspecified atom stereocenters. The topological polar surface area (TPSA) is 76.1 Å². The number of hydrogen-bond donors (Lipinski definition) is 1. The number of benzene rings is 2. The summed E-state index contributed by atoms with van der Waals surface area (Å²) in [6.45, 7) is 2.85. The molecule has 0 spiro atoms. The van der Waals surface area contributed by atoms with Crippen LogP contribution in [-0.4, -0.2) is 54.3 Å². The molecule has 0 bridgehead atoms. The molecule has 6 heteroatoms. The minimum Gasteiger partial charge on any atom is -0.489 e. The lowest BCUT2D eigenvalue weighted by Crippen LogP contribution is -2.41. The number of ether oxygens (including phenoxy) is 2. The monoisotopic (exact) mass is 479 g/mol. The summed E-state index contributed by atoms with van der Waals surface area (Å²) in [5, 5.41) is 9.60. The lowest BCUT2D eigenvalue weighted by Gasteiger charge is -2.30. The zero-order valence-corrected chi connectivity index (χ0v) is 20.4. The first-order chi connectivity index (χ1) is 17.1. The Bertz CT molecular complexity index is 957. The number of carbonyl (C=O) groups excluding carboxylic acids is 1. The molecule has 188 valence electrons. The highest BCUT2D eigenvalue weighted by Crippen LogP contribution is 2.32. The van der Waals surface area contributed by atoms with Crippen LogP contribution in [0.1, 0.15) is 49.7 Å². The molecule has 0 aromatic heterocycles. The van der Waals surface area contributed by atoms with Crippen molar-refractivity contribution >= 4 is 11.9 Å². The number of aliphatic carboxylic acids is 1. The van der Waals surface area contributed by atoms with Crippen LogP contribution >= 0.6 is 0 Å².